The number of hydrogen-bond donors (Lipinski definition) is 0. The summed E-state index contributed by atoms with van der Waals surface area (Å²) in [6.45, 7) is 2.83. The molecule has 6 heteroatoms. The number of carbonyl (C=O) groups excluding carboxylic acids is 1. The molecule has 0 fully saturated rings. The predicted octanol–water partition coefficient (Wildman–Crippen LogP) is 4.19. The molecule has 0 aliphatic carbocycles. The maximum atomic E-state index is 12.0. The molecule has 0 spiro atoms. The molecule has 0 aromatic heterocycles. The topological polar surface area (TPSA) is 54.3 Å². The van der Waals surface area contributed by atoms with Crippen molar-refractivity contribution in [2.45, 2.75) is 13.5 Å². The van der Waals surface area contributed by atoms with Gasteiger partial charge in [-0.05, 0) is 37.3 Å². The number of esters is 1. The Balaban J connectivity index is 1.83. The maximum Gasteiger partial charge on any atom is 0.338 e. The summed E-state index contributed by atoms with van der Waals surface area (Å²) in [5.41, 5.74) is 4.21. The molecule has 0 saturated heterocycles. The van der Waals surface area contributed by atoms with Crippen molar-refractivity contribution in [3.05, 3.63) is 57.6 Å². The van der Waals surface area contributed by atoms with Gasteiger partial charge in [0.05, 0.1) is 36.4 Å². The molecule has 120 valence electrons. The molecule has 5 nitrogen and oxygen atoms in total. The largest absolute Gasteiger partial charge is 0.462 e. The number of nitrogens with zero attached hydrogens (tertiary/aromatic N) is 3. The zero-order valence-electron chi connectivity index (χ0n) is 13.0. The van der Waals surface area contributed by atoms with Crippen molar-refractivity contribution < 1.29 is 9.53 Å². The first-order valence-electron chi connectivity index (χ1n) is 7.66. The van der Waals surface area contributed by atoms with Gasteiger partial charge < -0.3 is 9.64 Å². The Labute approximate surface area is 147 Å². The average Bonchev–Trinajstić information content (AvgIpc) is 2.60. The van der Waals surface area contributed by atoms with Crippen molar-refractivity contribution in [2.24, 2.45) is 9.98 Å². The van der Waals surface area contributed by atoms with E-state index in [-0.39, 0.29) is 5.97 Å². The van der Waals surface area contributed by atoms with Gasteiger partial charge in [0, 0.05) is 15.6 Å². The van der Waals surface area contributed by atoms with Crippen molar-refractivity contribution in [1.82, 2.24) is 4.90 Å². The van der Waals surface area contributed by atoms with Gasteiger partial charge in [-0.2, -0.15) is 0 Å². The van der Waals surface area contributed by atoms with Gasteiger partial charge in [-0.1, -0.05) is 22.0 Å². The van der Waals surface area contributed by atoms with E-state index in [1.54, 1.807) is 25.4 Å². The van der Waals surface area contributed by atoms with Crippen LogP contribution >= 0.6 is 15.9 Å². The van der Waals surface area contributed by atoms with E-state index in [0.29, 0.717) is 18.7 Å². The Bertz CT molecular complexity index is 905. The van der Waals surface area contributed by atoms with E-state index in [9.17, 15) is 4.79 Å². The van der Waals surface area contributed by atoms with Crippen molar-refractivity contribution in [3.63, 3.8) is 0 Å². The second kappa shape index (κ2) is 5.87. The Kier molecular flexibility index (Phi) is 3.69. The first kappa shape index (κ1) is 15.1. The molecule has 2 heterocycles. The molecule has 2 aromatic rings. The van der Waals surface area contributed by atoms with Gasteiger partial charge in [0.1, 0.15) is 5.84 Å². The molecule has 0 saturated carbocycles. The van der Waals surface area contributed by atoms with E-state index in [2.05, 4.69) is 20.9 Å². The fourth-order valence-electron chi connectivity index (χ4n) is 2.84. The minimum Gasteiger partial charge on any atom is -0.462 e. The van der Waals surface area contributed by atoms with Gasteiger partial charge in [-0.3, -0.25) is 0 Å². The van der Waals surface area contributed by atoms with E-state index >= 15 is 0 Å². The summed E-state index contributed by atoms with van der Waals surface area (Å²) in [5, 5.41) is 0. The third kappa shape index (κ3) is 2.43. The Hall–Kier alpha value is -2.47. The third-order valence-electron chi connectivity index (χ3n) is 4.01. The molecule has 24 heavy (non-hydrogen) atoms. The van der Waals surface area contributed by atoms with E-state index in [0.717, 1.165) is 32.8 Å². The summed E-state index contributed by atoms with van der Waals surface area (Å²) in [6.07, 6.45) is 1.79. The van der Waals surface area contributed by atoms with Crippen LogP contribution in [-0.2, 0) is 11.3 Å². The Morgan fingerprint density at radius 3 is 3.00 bits per heavy atom. The summed E-state index contributed by atoms with van der Waals surface area (Å²) in [6, 6.07) is 11.3. The standard InChI is InChI=1S/C18H14BrN3O2/c1-2-24-18(23)11-6-7-15-12(8-11)17-21-16-5-3-4-14(19)13(16)9-22(17)10-20-15/h3-8,10H,2,9H2,1H3. The minimum absolute atomic E-state index is 0.332. The van der Waals surface area contributed by atoms with Crippen LogP contribution in [0.15, 0.2) is 50.9 Å². The smallest absolute Gasteiger partial charge is 0.338 e. The molecule has 0 atom stereocenters. The second-order valence-electron chi connectivity index (χ2n) is 5.50. The molecule has 4 rings (SSSR count). The van der Waals surface area contributed by atoms with E-state index in [1.165, 1.54) is 0 Å². The van der Waals surface area contributed by atoms with Crippen LogP contribution in [0.2, 0.25) is 0 Å². The summed E-state index contributed by atoms with van der Waals surface area (Å²) in [5.74, 6) is 0.470. The number of hydrogen-bond acceptors (Lipinski definition) is 5. The highest BCUT2D eigenvalue weighted by molar-refractivity contribution is 9.10. The van der Waals surface area contributed by atoms with Crippen molar-refractivity contribution in [3.8, 4) is 0 Å². The summed E-state index contributed by atoms with van der Waals surface area (Å²) >= 11 is 3.58. The molecule has 2 aliphatic rings. The van der Waals surface area contributed by atoms with Crippen LogP contribution in [0.25, 0.3) is 0 Å². The average molecular weight is 384 g/mol. The molecule has 0 N–H and O–H groups in total. The number of ether oxygens (including phenoxy) is 1. The van der Waals surface area contributed by atoms with Gasteiger partial charge in [0.25, 0.3) is 0 Å². The number of rotatable bonds is 2. The number of halogens is 1. The number of fused-ring (bicyclic) bond motifs is 4. The minimum atomic E-state index is -0.332. The van der Waals surface area contributed by atoms with Crippen molar-refractivity contribution in [2.75, 3.05) is 6.61 Å². The van der Waals surface area contributed by atoms with Gasteiger partial charge in [0.15, 0.2) is 0 Å². The quantitative estimate of drug-likeness (QED) is 0.730. The second-order valence-corrected chi connectivity index (χ2v) is 6.35. The normalized spacial score (nSPS) is 14.4. The highest BCUT2D eigenvalue weighted by Crippen LogP contribution is 2.36. The number of benzene rings is 2. The Morgan fingerprint density at radius 2 is 2.17 bits per heavy atom. The van der Waals surface area contributed by atoms with Crippen LogP contribution < -0.4 is 0 Å². The van der Waals surface area contributed by atoms with Crippen LogP contribution in [0, 0.1) is 0 Å². The van der Waals surface area contributed by atoms with Gasteiger partial charge in [0.2, 0.25) is 0 Å². The predicted molar refractivity (Wildman–Crippen MR) is 96.4 cm³/mol. The lowest BCUT2D eigenvalue weighted by Crippen LogP contribution is -2.34. The maximum absolute atomic E-state index is 12.0. The Morgan fingerprint density at radius 1 is 1.29 bits per heavy atom. The van der Waals surface area contributed by atoms with Crippen molar-refractivity contribution in [1.29, 1.82) is 0 Å². The third-order valence-corrected chi connectivity index (χ3v) is 4.75. The summed E-state index contributed by atoms with van der Waals surface area (Å²) < 4.78 is 6.12. The molecule has 2 aromatic carbocycles. The van der Waals surface area contributed by atoms with Crippen LogP contribution in [0.5, 0.6) is 0 Å². The zero-order valence-corrected chi connectivity index (χ0v) is 14.6. The lowest BCUT2D eigenvalue weighted by atomic mass is 10.0. The molecular weight excluding hydrogens is 370 g/mol. The number of aliphatic imine (C=N–C) groups is 2. The molecule has 0 unspecified atom stereocenters. The lowest BCUT2D eigenvalue weighted by molar-refractivity contribution is 0.0526. The molecule has 0 amide bonds. The monoisotopic (exact) mass is 383 g/mol. The summed E-state index contributed by atoms with van der Waals surface area (Å²) in [7, 11) is 0. The highest BCUT2D eigenvalue weighted by Gasteiger charge is 2.26. The zero-order chi connectivity index (χ0) is 16.7. The molecule has 0 radical (unpaired) electrons. The fourth-order valence-corrected chi connectivity index (χ4v) is 3.32. The van der Waals surface area contributed by atoms with Gasteiger partial charge in [-0.15, -0.1) is 0 Å². The van der Waals surface area contributed by atoms with E-state index < -0.39 is 0 Å². The first-order chi connectivity index (χ1) is 11.7. The molecule has 2 aliphatic heterocycles. The van der Waals surface area contributed by atoms with Crippen molar-refractivity contribution >= 4 is 45.4 Å². The van der Waals surface area contributed by atoms with Gasteiger partial charge in [-0.25, -0.2) is 14.8 Å². The fraction of sp³-hybridized carbons (Fsp3) is 0.167. The first-order valence-corrected chi connectivity index (χ1v) is 8.45. The highest BCUT2D eigenvalue weighted by atomic mass is 79.9. The number of amidine groups is 1. The van der Waals surface area contributed by atoms with Crippen LogP contribution in [-0.4, -0.2) is 29.7 Å². The van der Waals surface area contributed by atoms with Crippen LogP contribution in [0.3, 0.4) is 0 Å². The van der Waals surface area contributed by atoms with E-state index in [4.69, 9.17) is 9.73 Å². The lowest BCUT2D eigenvalue weighted by Gasteiger charge is -2.30. The molecule has 0 bridgehead atoms. The SMILES string of the molecule is CCOC(=O)c1ccc2c(c1)C1=Nc3cccc(Br)c3CN1C=N2. The van der Waals surface area contributed by atoms with Crippen LogP contribution in [0.1, 0.15) is 28.4 Å². The van der Waals surface area contributed by atoms with E-state index in [1.807, 2.05) is 29.2 Å². The summed E-state index contributed by atoms with van der Waals surface area (Å²) in [4.78, 5) is 23.3. The molecular formula is C18H14BrN3O2. The van der Waals surface area contributed by atoms with Gasteiger partial charge >= 0.3 is 5.97 Å². The van der Waals surface area contributed by atoms with Crippen LogP contribution in [0.4, 0.5) is 11.4 Å². The number of carbonyl (C=O) groups is 1.